The van der Waals surface area contributed by atoms with E-state index >= 15 is 0 Å². The van der Waals surface area contributed by atoms with Crippen molar-refractivity contribution < 1.29 is 37.8 Å². The van der Waals surface area contributed by atoms with E-state index in [4.69, 9.17) is 5.11 Å². The zero-order chi connectivity index (χ0) is 18.5. The first-order valence-corrected chi connectivity index (χ1v) is 6.90. The Morgan fingerprint density at radius 1 is 1.17 bits per heavy atom. The number of benzene rings is 1. The molecule has 2 atom stereocenters. The van der Waals surface area contributed by atoms with Crippen LogP contribution in [0, 0.1) is 0 Å². The fraction of sp³-hybridized carbons (Fsp3) is 0.400. The smallest absolute Gasteiger partial charge is 0.416 e. The second kappa shape index (κ2) is 7.91. The van der Waals surface area contributed by atoms with Gasteiger partial charge < -0.3 is 20.3 Å². The monoisotopic (exact) mass is 347 g/mol. The van der Waals surface area contributed by atoms with Gasteiger partial charge in [-0.15, -0.1) is 0 Å². The first-order valence-electron chi connectivity index (χ1n) is 6.90. The number of carboxylic acids is 1. The molecule has 0 aliphatic heterocycles. The molecular weight excluding hydrogens is 331 g/mol. The summed E-state index contributed by atoms with van der Waals surface area (Å²) in [4.78, 5) is 33.8. The molecule has 0 fully saturated rings. The molecule has 6 nitrogen and oxygen atoms in total. The van der Waals surface area contributed by atoms with Crippen LogP contribution in [0.3, 0.4) is 0 Å². The van der Waals surface area contributed by atoms with Crippen LogP contribution in [0.5, 0.6) is 0 Å². The van der Waals surface area contributed by atoms with Crippen LogP contribution < -0.4 is 5.32 Å². The van der Waals surface area contributed by atoms with E-state index in [0.717, 1.165) is 12.1 Å². The van der Waals surface area contributed by atoms with E-state index in [9.17, 15) is 32.7 Å². The Hall–Kier alpha value is -2.42. The summed E-state index contributed by atoms with van der Waals surface area (Å²) in [5, 5.41) is 20.9. The molecular formula is C15H16F3NO5. The molecule has 0 aromatic heterocycles. The number of rotatable bonds is 7. The SMILES string of the molecule is CC(=O)CC[C@H](NC(=O)[C@@H](O)c1ccc(C(F)(F)F)cc1)C(=O)O. The summed E-state index contributed by atoms with van der Waals surface area (Å²) in [5.41, 5.74) is -1.06. The average Bonchev–Trinajstić information content (AvgIpc) is 2.49. The van der Waals surface area contributed by atoms with Crippen molar-refractivity contribution in [2.45, 2.75) is 38.1 Å². The summed E-state index contributed by atoms with van der Waals surface area (Å²) < 4.78 is 37.4. The standard InChI is InChI=1S/C15H16F3NO5/c1-8(20)2-7-11(14(23)24)19-13(22)12(21)9-3-5-10(6-4-9)15(16,17)18/h3-6,11-12,21H,2,7H2,1H3,(H,19,22)(H,23,24)/t11-,12-/m0/s1. The number of hydrogen-bond donors (Lipinski definition) is 3. The quantitative estimate of drug-likeness (QED) is 0.696. The van der Waals surface area contributed by atoms with Crippen LogP contribution in [0.1, 0.15) is 37.0 Å². The number of hydrogen-bond acceptors (Lipinski definition) is 4. The highest BCUT2D eigenvalue weighted by Crippen LogP contribution is 2.29. The van der Waals surface area contributed by atoms with Crippen LogP contribution >= 0.6 is 0 Å². The second-order valence-electron chi connectivity index (χ2n) is 5.16. The maximum Gasteiger partial charge on any atom is 0.416 e. The van der Waals surface area contributed by atoms with Crippen molar-refractivity contribution in [3.63, 3.8) is 0 Å². The minimum atomic E-state index is -4.55. The first kappa shape index (κ1) is 19.6. The van der Waals surface area contributed by atoms with Gasteiger partial charge in [0.25, 0.3) is 5.91 Å². The number of carbonyl (C=O) groups excluding carboxylic acids is 2. The van der Waals surface area contributed by atoms with Crippen molar-refractivity contribution in [3.8, 4) is 0 Å². The molecule has 0 aliphatic carbocycles. The van der Waals surface area contributed by atoms with Gasteiger partial charge in [-0.05, 0) is 31.0 Å². The van der Waals surface area contributed by atoms with Gasteiger partial charge in [0.1, 0.15) is 11.8 Å². The van der Waals surface area contributed by atoms with Gasteiger partial charge >= 0.3 is 12.1 Å². The number of carboxylic acid groups (broad SMARTS) is 1. The van der Waals surface area contributed by atoms with Gasteiger partial charge in [0.05, 0.1) is 5.56 Å². The Labute approximate surface area is 135 Å². The summed E-state index contributed by atoms with van der Waals surface area (Å²) in [5.74, 6) is -2.73. The number of aliphatic carboxylic acids is 1. The number of aliphatic hydroxyl groups excluding tert-OH is 1. The van der Waals surface area contributed by atoms with Crippen molar-refractivity contribution in [2.24, 2.45) is 0 Å². The molecule has 0 saturated heterocycles. The molecule has 0 saturated carbocycles. The normalized spacial score (nSPS) is 13.9. The predicted octanol–water partition coefficient (Wildman–Crippen LogP) is 1.68. The van der Waals surface area contributed by atoms with E-state index in [1.807, 2.05) is 0 Å². The van der Waals surface area contributed by atoms with Gasteiger partial charge in [0, 0.05) is 6.42 Å². The molecule has 0 radical (unpaired) electrons. The van der Waals surface area contributed by atoms with Gasteiger partial charge in [-0.25, -0.2) is 4.79 Å². The minimum Gasteiger partial charge on any atom is -0.480 e. The summed E-state index contributed by atoms with van der Waals surface area (Å²) in [6, 6.07) is 1.88. The molecule has 0 aliphatic rings. The lowest BCUT2D eigenvalue weighted by atomic mass is 10.0. The van der Waals surface area contributed by atoms with Crippen LogP contribution in [0.4, 0.5) is 13.2 Å². The number of halogens is 3. The molecule has 1 aromatic rings. The van der Waals surface area contributed by atoms with Gasteiger partial charge in [-0.1, -0.05) is 12.1 Å². The third-order valence-corrected chi connectivity index (χ3v) is 3.20. The molecule has 1 aromatic carbocycles. The van der Waals surface area contributed by atoms with Crippen LogP contribution in [-0.4, -0.2) is 33.9 Å². The predicted molar refractivity (Wildman–Crippen MR) is 75.9 cm³/mol. The van der Waals surface area contributed by atoms with Gasteiger partial charge in [-0.2, -0.15) is 13.2 Å². The molecule has 3 N–H and O–H groups in total. The summed E-state index contributed by atoms with van der Waals surface area (Å²) in [7, 11) is 0. The molecule has 1 amide bonds. The summed E-state index contributed by atoms with van der Waals surface area (Å²) >= 11 is 0. The number of alkyl halides is 3. The highest BCUT2D eigenvalue weighted by atomic mass is 19.4. The third kappa shape index (κ3) is 5.65. The molecule has 9 heteroatoms. The lowest BCUT2D eigenvalue weighted by molar-refractivity contribution is -0.144. The van der Waals surface area contributed by atoms with Crippen LogP contribution in [0.2, 0.25) is 0 Å². The van der Waals surface area contributed by atoms with Crippen molar-refractivity contribution in [2.75, 3.05) is 0 Å². The fourth-order valence-corrected chi connectivity index (χ4v) is 1.86. The minimum absolute atomic E-state index is 0.0758. The molecule has 0 heterocycles. The number of ketones is 1. The zero-order valence-corrected chi connectivity index (χ0v) is 12.6. The largest absolute Gasteiger partial charge is 0.480 e. The average molecular weight is 347 g/mol. The Morgan fingerprint density at radius 2 is 1.71 bits per heavy atom. The maximum atomic E-state index is 12.5. The van der Waals surface area contributed by atoms with Gasteiger partial charge in [-0.3, -0.25) is 4.79 Å². The lowest BCUT2D eigenvalue weighted by Gasteiger charge is -2.17. The fourth-order valence-electron chi connectivity index (χ4n) is 1.86. The van der Waals surface area contributed by atoms with E-state index in [-0.39, 0.29) is 24.2 Å². The molecule has 0 spiro atoms. The number of Topliss-reactive ketones (excluding diaryl/α,β-unsaturated/α-hetero) is 1. The van der Waals surface area contributed by atoms with E-state index in [1.165, 1.54) is 6.92 Å². The topological polar surface area (TPSA) is 104 Å². The van der Waals surface area contributed by atoms with E-state index in [2.05, 4.69) is 5.32 Å². The van der Waals surface area contributed by atoms with E-state index in [0.29, 0.717) is 12.1 Å². The molecule has 1 rings (SSSR count). The summed E-state index contributed by atoms with van der Waals surface area (Å²) in [6.45, 7) is 1.26. The molecule has 24 heavy (non-hydrogen) atoms. The Morgan fingerprint density at radius 3 is 2.12 bits per heavy atom. The van der Waals surface area contributed by atoms with Crippen molar-refractivity contribution >= 4 is 17.7 Å². The Balaban J connectivity index is 2.78. The van der Waals surface area contributed by atoms with Crippen LogP contribution in [-0.2, 0) is 20.6 Å². The molecule has 132 valence electrons. The number of nitrogens with one attached hydrogen (secondary N) is 1. The van der Waals surface area contributed by atoms with Gasteiger partial charge in [0.15, 0.2) is 6.10 Å². The second-order valence-corrected chi connectivity index (χ2v) is 5.16. The van der Waals surface area contributed by atoms with Gasteiger partial charge in [0.2, 0.25) is 0 Å². The number of carbonyl (C=O) groups is 3. The Kier molecular flexibility index (Phi) is 6.47. The maximum absolute atomic E-state index is 12.5. The van der Waals surface area contributed by atoms with Crippen LogP contribution in [0.25, 0.3) is 0 Å². The lowest BCUT2D eigenvalue weighted by Crippen LogP contribution is -2.43. The zero-order valence-electron chi connectivity index (χ0n) is 12.6. The summed E-state index contributed by atoms with van der Waals surface area (Å²) in [6.07, 6.45) is -6.61. The van der Waals surface area contributed by atoms with Crippen molar-refractivity contribution in [1.29, 1.82) is 0 Å². The van der Waals surface area contributed by atoms with Crippen LogP contribution in [0.15, 0.2) is 24.3 Å². The molecule has 0 bridgehead atoms. The Bertz CT molecular complexity index is 613. The van der Waals surface area contributed by atoms with E-state index < -0.39 is 35.8 Å². The third-order valence-electron chi connectivity index (χ3n) is 3.20. The molecule has 0 unspecified atom stereocenters. The number of aliphatic hydroxyl groups is 1. The first-order chi connectivity index (χ1) is 11.0. The van der Waals surface area contributed by atoms with E-state index in [1.54, 1.807) is 0 Å². The number of amides is 1. The van der Waals surface area contributed by atoms with Crippen molar-refractivity contribution in [1.82, 2.24) is 5.32 Å². The highest BCUT2D eigenvalue weighted by Gasteiger charge is 2.31. The van der Waals surface area contributed by atoms with Crippen molar-refractivity contribution in [3.05, 3.63) is 35.4 Å². The highest BCUT2D eigenvalue weighted by molar-refractivity contribution is 5.87.